The summed E-state index contributed by atoms with van der Waals surface area (Å²) in [7, 11) is 0. The Morgan fingerprint density at radius 2 is 2.15 bits per heavy atom. The molecule has 0 aromatic carbocycles. The van der Waals surface area contributed by atoms with E-state index in [2.05, 4.69) is 12.2 Å². The van der Waals surface area contributed by atoms with Crippen LogP contribution in [0, 0.1) is 5.92 Å². The predicted molar refractivity (Wildman–Crippen MR) is 49.3 cm³/mol. The summed E-state index contributed by atoms with van der Waals surface area (Å²) >= 11 is 0. The van der Waals surface area contributed by atoms with Gasteiger partial charge in [0.15, 0.2) is 0 Å². The molecule has 1 aliphatic carbocycles. The molecule has 1 N–H and O–H groups in total. The zero-order valence-corrected chi connectivity index (χ0v) is 8.08. The molecular formula is C10H17NO2. The van der Waals surface area contributed by atoms with E-state index in [0.717, 1.165) is 0 Å². The molecule has 1 aliphatic heterocycles. The molecular weight excluding hydrogens is 166 g/mol. The van der Waals surface area contributed by atoms with Gasteiger partial charge in [-0.3, -0.25) is 4.79 Å². The van der Waals surface area contributed by atoms with Crippen molar-refractivity contribution in [1.29, 1.82) is 0 Å². The maximum absolute atomic E-state index is 10.0. The Labute approximate surface area is 78.8 Å². The van der Waals surface area contributed by atoms with Crippen LogP contribution >= 0.6 is 0 Å². The van der Waals surface area contributed by atoms with Gasteiger partial charge >= 0.3 is 0 Å². The van der Waals surface area contributed by atoms with E-state index in [9.17, 15) is 4.79 Å². The summed E-state index contributed by atoms with van der Waals surface area (Å²) < 4.78 is 4.79. The molecule has 1 unspecified atom stereocenters. The molecule has 0 radical (unpaired) electrons. The van der Waals surface area contributed by atoms with Gasteiger partial charge in [0.05, 0.1) is 6.61 Å². The van der Waals surface area contributed by atoms with E-state index in [-0.39, 0.29) is 0 Å². The summed E-state index contributed by atoms with van der Waals surface area (Å²) in [4.78, 5) is 10.0. The molecule has 0 aromatic heterocycles. The van der Waals surface area contributed by atoms with Gasteiger partial charge in [0.2, 0.25) is 0 Å². The first-order chi connectivity index (χ1) is 6.27. The van der Waals surface area contributed by atoms with Crippen LogP contribution in [0.2, 0.25) is 0 Å². The Morgan fingerprint density at radius 1 is 1.54 bits per heavy atom. The van der Waals surface area contributed by atoms with Crippen LogP contribution in [0.4, 0.5) is 0 Å². The predicted octanol–water partition coefficient (Wildman–Crippen LogP) is 1.08. The average molecular weight is 183 g/mol. The lowest BCUT2D eigenvalue weighted by atomic mass is 9.80. The van der Waals surface area contributed by atoms with E-state index in [4.69, 9.17) is 4.74 Å². The van der Waals surface area contributed by atoms with Crippen LogP contribution in [0.3, 0.4) is 0 Å². The van der Waals surface area contributed by atoms with E-state index in [1.807, 2.05) is 0 Å². The smallest absolute Gasteiger partial charge is 0.293 e. The van der Waals surface area contributed by atoms with E-state index >= 15 is 0 Å². The third-order valence-electron chi connectivity index (χ3n) is 3.65. The maximum Gasteiger partial charge on any atom is 0.293 e. The molecule has 2 rings (SSSR count). The highest BCUT2D eigenvalue weighted by atomic mass is 16.5. The van der Waals surface area contributed by atoms with Crippen LogP contribution < -0.4 is 5.32 Å². The minimum atomic E-state index is 0.470. The SMILES string of the molecule is CC1NC12CCC(COC=O)CC2. The van der Waals surface area contributed by atoms with Gasteiger partial charge < -0.3 is 10.1 Å². The number of hydrogen-bond acceptors (Lipinski definition) is 3. The summed E-state index contributed by atoms with van der Waals surface area (Å²) in [6.45, 7) is 3.43. The van der Waals surface area contributed by atoms with Crippen molar-refractivity contribution in [3.8, 4) is 0 Å². The van der Waals surface area contributed by atoms with Crippen molar-refractivity contribution in [2.75, 3.05) is 6.61 Å². The van der Waals surface area contributed by atoms with Crippen LogP contribution in [0.1, 0.15) is 32.6 Å². The number of nitrogens with one attached hydrogen (secondary N) is 1. The van der Waals surface area contributed by atoms with Crippen molar-refractivity contribution < 1.29 is 9.53 Å². The van der Waals surface area contributed by atoms with E-state index in [1.54, 1.807) is 0 Å². The first-order valence-electron chi connectivity index (χ1n) is 5.10. The molecule has 0 bridgehead atoms. The molecule has 1 atom stereocenters. The van der Waals surface area contributed by atoms with Crippen molar-refractivity contribution in [2.45, 2.75) is 44.2 Å². The first kappa shape index (κ1) is 9.00. The molecule has 3 heteroatoms. The molecule has 1 spiro atoms. The maximum atomic E-state index is 10.0. The summed E-state index contributed by atoms with van der Waals surface area (Å²) in [5.74, 6) is 0.602. The third kappa shape index (κ3) is 1.70. The Morgan fingerprint density at radius 3 is 2.62 bits per heavy atom. The van der Waals surface area contributed by atoms with Gasteiger partial charge in [-0.25, -0.2) is 0 Å². The zero-order chi connectivity index (χ0) is 9.31. The van der Waals surface area contributed by atoms with E-state index < -0.39 is 0 Å². The monoisotopic (exact) mass is 183 g/mol. The molecule has 0 aromatic rings. The number of rotatable bonds is 3. The van der Waals surface area contributed by atoms with Crippen LogP contribution in [-0.4, -0.2) is 24.7 Å². The van der Waals surface area contributed by atoms with Crippen molar-refractivity contribution >= 4 is 6.47 Å². The summed E-state index contributed by atoms with van der Waals surface area (Å²) in [6.07, 6.45) is 4.90. The molecule has 0 amide bonds. The standard InChI is InChI=1S/C10H17NO2/c1-8-10(11-8)4-2-9(3-5-10)6-13-7-12/h7-9,11H,2-6H2,1H3. The third-order valence-corrected chi connectivity index (χ3v) is 3.65. The molecule has 2 fully saturated rings. The Hall–Kier alpha value is -0.570. The Balaban J connectivity index is 1.73. The second kappa shape index (κ2) is 3.29. The highest BCUT2D eigenvalue weighted by Gasteiger charge is 2.51. The van der Waals surface area contributed by atoms with Crippen molar-refractivity contribution in [3.05, 3.63) is 0 Å². The van der Waals surface area contributed by atoms with Gasteiger partial charge in [-0.05, 0) is 38.5 Å². The van der Waals surface area contributed by atoms with Gasteiger partial charge in [0.25, 0.3) is 6.47 Å². The van der Waals surface area contributed by atoms with Crippen molar-refractivity contribution in [1.82, 2.24) is 5.32 Å². The molecule has 1 saturated heterocycles. The second-order valence-corrected chi connectivity index (χ2v) is 4.40. The lowest BCUT2D eigenvalue weighted by molar-refractivity contribution is -0.130. The van der Waals surface area contributed by atoms with Crippen LogP contribution in [0.25, 0.3) is 0 Å². The zero-order valence-electron chi connectivity index (χ0n) is 8.08. The number of ether oxygens (including phenoxy) is 1. The second-order valence-electron chi connectivity index (χ2n) is 4.40. The quantitative estimate of drug-likeness (QED) is 0.526. The topological polar surface area (TPSA) is 48.2 Å². The summed E-state index contributed by atoms with van der Waals surface area (Å²) in [5, 5.41) is 3.51. The van der Waals surface area contributed by atoms with Crippen molar-refractivity contribution in [2.24, 2.45) is 5.92 Å². The fourth-order valence-corrected chi connectivity index (χ4v) is 2.50. The van der Waals surface area contributed by atoms with Gasteiger partial charge in [0, 0.05) is 11.6 Å². The molecule has 13 heavy (non-hydrogen) atoms. The first-order valence-corrected chi connectivity index (χ1v) is 5.10. The highest BCUT2D eigenvalue weighted by Crippen LogP contribution is 2.42. The van der Waals surface area contributed by atoms with E-state index in [1.165, 1.54) is 25.7 Å². The summed E-state index contributed by atoms with van der Waals surface area (Å²) in [6, 6.07) is 0.709. The Kier molecular flexibility index (Phi) is 2.28. The minimum absolute atomic E-state index is 0.470. The normalized spacial score (nSPS) is 43.2. The average Bonchev–Trinajstić information content (AvgIpc) is 2.76. The molecule has 1 heterocycles. The highest BCUT2D eigenvalue weighted by molar-refractivity contribution is 5.36. The molecule has 3 nitrogen and oxygen atoms in total. The summed E-state index contributed by atoms with van der Waals surface area (Å²) in [5.41, 5.74) is 0.470. The fourth-order valence-electron chi connectivity index (χ4n) is 2.50. The van der Waals surface area contributed by atoms with Crippen LogP contribution in [0.5, 0.6) is 0 Å². The van der Waals surface area contributed by atoms with E-state index in [0.29, 0.717) is 30.6 Å². The van der Waals surface area contributed by atoms with Gasteiger partial charge in [-0.2, -0.15) is 0 Å². The van der Waals surface area contributed by atoms with Gasteiger partial charge in [-0.1, -0.05) is 0 Å². The molecule has 2 aliphatic rings. The van der Waals surface area contributed by atoms with Gasteiger partial charge in [-0.15, -0.1) is 0 Å². The fraction of sp³-hybridized carbons (Fsp3) is 0.900. The van der Waals surface area contributed by atoms with Gasteiger partial charge in [0.1, 0.15) is 0 Å². The molecule has 74 valence electrons. The number of carbonyl (C=O) groups is 1. The largest absolute Gasteiger partial charge is 0.468 e. The lowest BCUT2D eigenvalue weighted by Gasteiger charge is -2.27. The Bertz CT molecular complexity index is 197. The minimum Gasteiger partial charge on any atom is -0.468 e. The van der Waals surface area contributed by atoms with Crippen LogP contribution in [-0.2, 0) is 9.53 Å². The number of carbonyl (C=O) groups excluding carboxylic acids is 1. The van der Waals surface area contributed by atoms with Crippen LogP contribution in [0.15, 0.2) is 0 Å². The van der Waals surface area contributed by atoms with Crippen molar-refractivity contribution in [3.63, 3.8) is 0 Å². The lowest BCUT2D eigenvalue weighted by Crippen LogP contribution is -2.27. The number of hydrogen-bond donors (Lipinski definition) is 1. The molecule has 1 saturated carbocycles.